The van der Waals surface area contributed by atoms with Crippen LogP contribution < -0.4 is 5.73 Å². The Balaban J connectivity index is 2.18. The normalized spacial score (nSPS) is 18.4. The van der Waals surface area contributed by atoms with Crippen LogP contribution in [0.3, 0.4) is 0 Å². The molecule has 4 nitrogen and oxygen atoms in total. The van der Waals surface area contributed by atoms with Gasteiger partial charge in [-0.25, -0.2) is 4.79 Å². The lowest BCUT2D eigenvalue weighted by Crippen LogP contribution is -2.57. The van der Waals surface area contributed by atoms with E-state index in [1.807, 2.05) is 0 Å². The molecule has 0 unspecified atom stereocenters. The molecule has 0 aliphatic carbocycles. The standard InChI is InChI=1S/C6H12N2O2/c1-2-10-6(9)8-3-5(7)4-8/h5H,2-4,7H2,1H3. The smallest absolute Gasteiger partial charge is 0.409 e. The van der Waals surface area contributed by atoms with Crippen molar-refractivity contribution < 1.29 is 9.53 Å². The van der Waals surface area contributed by atoms with Gasteiger partial charge in [0.05, 0.1) is 6.61 Å². The molecule has 0 atom stereocenters. The number of ether oxygens (including phenoxy) is 1. The van der Waals surface area contributed by atoms with Crippen LogP contribution in [0.15, 0.2) is 0 Å². The quantitative estimate of drug-likeness (QED) is 0.553. The Morgan fingerprint density at radius 3 is 2.80 bits per heavy atom. The van der Waals surface area contributed by atoms with Gasteiger partial charge in [0.15, 0.2) is 0 Å². The molecule has 0 aromatic heterocycles. The molecule has 58 valence electrons. The average molecular weight is 144 g/mol. The van der Waals surface area contributed by atoms with Crippen LogP contribution >= 0.6 is 0 Å². The lowest BCUT2D eigenvalue weighted by atomic mass is 10.1. The molecule has 0 radical (unpaired) electrons. The second kappa shape index (κ2) is 2.88. The minimum atomic E-state index is -0.246. The molecule has 1 rings (SSSR count). The van der Waals surface area contributed by atoms with Gasteiger partial charge in [-0.05, 0) is 6.92 Å². The van der Waals surface area contributed by atoms with Crippen molar-refractivity contribution in [3.05, 3.63) is 0 Å². The molecule has 0 spiro atoms. The fraction of sp³-hybridized carbons (Fsp3) is 0.833. The zero-order valence-electron chi connectivity index (χ0n) is 6.04. The third-order valence-electron chi connectivity index (χ3n) is 1.44. The fourth-order valence-electron chi connectivity index (χ4n) is 0.877. The Morgan fingerprint density at radius 1 is 1.80 bits per heavy atom. The van der Waals surface area contributed by atoms with Gasteiger partial charge in [-0.2, -0.15) is 0 Å². The number of hydrogen-bond acceptors (Lipinski definition) is 3. The van der Waals surface area contributed by atoms with Crippen LogP contribution in [-0.2, 0) is 4.74 Å². The van der Waals surface area contributed by atoms with Crippen molar-refractivity contribution in [1.82, 2.24) is 4.90 Å². The highest BCUT2D eigenvalue weighted by Gasteiger charge is 2.28. The van der Waals surface area contributed by atoms with E-state index in [1.165, 1.54) is 0 Å². The minimum absolute atomic E-state index is 0.157. The van der Waals surface area contributed by atoms with Crippen molar-refractivity contribution in [3.63, 3.8) is 0 Å². The summed E-state index contributed by atoms with van der Waals surface area (Å²) >= 11 is 0. The first-order chi connectivity index (χ1) is 4.74. The molecule has 0 aromatic carbocycles. The summed E-state index contributed by atoms with van der Waals surface area (Å²) in [6.45, 7) is 3.50. The Bertz CT molecular complexity index is 132. The van der Waals surface area contributed by atoms with Gasteiger partial charge in [0.2, 0.25) is 0 Å². The summed E-state index contributed by atoms with van der Waals surface area (Å²) in [5.41, 5.74) is 5.45. The number of rotatable bonds is 1. The molecule has 0 bridgehead atoms. The number of likely N-dealkylation sites (tertiary alicyclic amines) is 1. The van der Waals surface area contributed by atoms with E-state index in [-0.39, 0.29) is 12.1 Å². The predicted molar refractivity (Wildman–Crippen MR) is 36.6 cm³/mol. The first kappa shape index (κ1) is 7.34. The zero-order chi connectivity index (χ0) is 7.56. The van der Waals surface area contributed by atoms with Crippen LogP contribution in [0.5, 0.6) is 0 Å². The molecule has 2 N–H and O–H groups in total. The van der Waals surface area contributed by atoms with Gasteiger partial charge >= 0.3 is 6.09 Å². The van der Waals surface area contributed by atoms with E-state index in [9.17, 15) is 4.79 Å². The second-order valence-electron chi connectivity index (χ2n) is 2.36. The number of amides is 1. The van der Waals surface area contributed by atoms with Gasteiger partial charge < -0.3 is 15.4 Å². The minimum Gasteiger partial charge on any atom is -0.450 e. The van der Waals surface area contributed by atoms with Crippen molar-refractivity contribution in [3.8, 4) is 0 Å². The molecule has 0 aromatic rings. The van der Waals surface area contributed by atoms with Gasteiger partial charge in [-0.15, -0.1) is 0 Å². The summed E-state index contributed by atoms with van der Waals surface area (Å²) in [5, 5.41) is 0. The number of carbonyl (C=O) groups excluding carboxylic acids is 1. The monoisotopic (exact) mass is 144 g/mol. The van der Waals surface area contributed by atoms with Gasteiger partial charge in [0, 0.05) is 19.1 Å². The van der Waals surface area contributed by atoms with Crippen LogP contribution in [0.2, 0.25) is 0 Å². The van der Waals surface area contributed by atoms with Crippen LogP contribution in [0.25, 0.3) is 0 Å². The van der Waals surface area contributed by atoms with Crippen molar-refractivity contribution in [2.45, 2.75) is 13.0 Å². The van der Waals surface area contributed by atoms with E-state index in [0.717, 1.165) is 0 Å². The van der Waals surface area contributed by atoms with E-state index in [2.05, 4.69) is 0 Å². The maximum absolute atomic E-state index is 10.8. The van der Waals surface area contributed by atoms with Crippen LogP contribution in [-0.4, -0.2) is 36.7 Å². The van der Waals surface area contributed by atoms with Crippen LogP contribution in [0, 0.1) is 0 Å². The molecular weight excluding hydrogens is 132 g/mol. The van der Waals surface area contributed by atoms with E-state index in [1.54, 1.807) is 11.8 Å². The third kappa shape index (κ3) is 1.39. The molecule has 4 heteroatoms. The number of nitrogens with two attached hydrogens (primary N) is 1. The maximum atomic E-state index is 10.8. The SMILES string of the molecule is CCOC(=O)N1CC(N)C1. The van der Waals surface area contributed by atoms with Gasteiger partial charge in [0.1, 0.15) is 0 Å². The van der Waals surface area contributed by atoms with Crippen LogP contribution in [0.4, 0.5) is 4.79 Å². The van der Waals surface area contributed by atoms with E-state index in [4.69, 9.17) is 10.5 Å². The van der Waals surface area contributed by atoms with Gasteiger partial charge in [-0.1, -0.05) is 0 Å². The van der Waals surface area contributed by atoms with E-state index >= 15 is 0 Å². The molecule has 10 heavy (non-hydrogen) atoms. The summed E-state index contributed by atoms with van der Waals surface area (Å²) in [5.74, 6) is 0. The van der Waals surface area contributed by atoms with Gasteiger partial charge in [0.25, 0.3) is 0 Å². The topological polar surface area (TPSA) is 55.6 Å². The first-order valence-electron chi connectivity index (χ1n) is 3.41. The summed E-state index contributed by atoms with van der Waals surface area (Å²) in [6, 6.07) is 0.157. The molecule has 1 aliphatic heterocycles. The van der Waals surface area contributed by atoms with Crippen molar-refractivity contribution in [1.29, 1.82) is 0 Å². The summed E-state index contributed by atoms with van der Waals surface area (Å²) in [6.07, 6.45) is -0.246. The highest BCUT2D eigenvalue weighted by atomic mass is 16.6. The van der Waals surface area contributed by atoms with Gasteiger partial charge in [-0.3, -0.25) is 0 Å². The molecule has 1 aliphatic rings. The first-order valence-corrected chi connectivity index (χ1v) is 3.41. The molecule has 1 amide bonds. The molecule has 0 saturated carbocycles. The van der Waals surface area contributed by atoms with Crippen LogP contribution in [0.1, 0.15) is 6.92 Å². The van der Waals surface area contributed by atoms with Crippen molar-refractivity contribution in [2.75, 3.05) is 19.7 Å². The molecule has 1 saturated heterocycles. The maximum Gasteiger partial charge on any atom is 0.409 e. The van der Waals surface area contributed by atoms with E-state index < -0.39 is 0 Å². The number of carbonyl (C=O) groups is 1. The predicted octanol–water partition coefficient (Wildman–Crippen LogP) is -0.214. The van der Waals surface area contributed by atoms with Crippen molar-refractivity contribution in [2.24, 2.45) is 5.73 Å². The summed E-state index contributed by atoms with van der Waals surface area (Å²) in [4.78, 5) is 12.4. The Morgan fingerprint density at radius 2 is 2.40 bits per heavy atom. The van der Waals surface area contributed by atoms with Crippen molar-refractivity contribution >= 4 is 6.09 Å². The summed E-state index contributed by atoms with van der Waals surface area (Å²) in [7, 11) is 0. The molecule has 1 heterocycles. The lowest BCUT2D eigenvalue weighted by molar-refractivity contribution is 0.0762. The molecular formula is C6H12N2O2. The fourth-order valence-corrected chi connectivity index (χ4v) is 0.877. The Labute approximate surface area is 59.9 Å². The Hall–Kier alpha value is -0.770. The second-order valence-corrected chi connectivity index (χ2v) is 2.36. The zero-order valence-corrected chi connectivity index (χ0v) is 6.04. The highest BCUT2D eigenvalue weighted by molar-refractivity contribution is 5.68. The lowest BCUT2D eigenvalue weighted by Gasteiger charge is -2.35. The third-order valence-corrected chi connectivity index (χ3v) is 1.44. The largest absolute Gasteiger partial charge is 0.450 e. The number of hydrogen-bond donors (Lipinski definition) is 1. The number of nitrogens with zero attached hydrogens (tertiary/aromatic N) is 1. The average Bonchev–Trinajstić information content (AvgIpc) is 1.82. The van der Waals surface area contributed by atoms with E-state index in [0.29, 0.717) is 19.7 Å². The summed E-state index contributed by atoms with van der Waals surface area (Å²) < 4.78 is 4.73. The Kier molecular flexibility index (Phi) is 2.11. The molecule has 1 fully saturated rings. The highest BCUT2D eigenvalue weighted by Crippen LogP contribution is 2.06.